The van der Waals surface area contributed by atoms with Crippen LogP contribution in [0.15, 0.2) is 0 Å². The SMILES string of the molecule is CC(C)N(C)CC1(O)COC1. The van der Waals surface area contributed by atoms with Gasteiger partial charge in [-0.05, 0) is 20.9 Å². The maximum Gasteiger partial charge on any atom is 0.124 e. The summed E-state index contributed by atoms with van der Waals surface area (Å²) in [6.45, 7) is 5.92. The van der Waals surface area contributed by atoms with E-state index in [1.807, 2.05) is 7.05 Å². The van der Waals surface area contributed by atoms with E-state index in [2.05, 4.69) is 18.7 Å². The third-order valence-corrected chi connectivity index (χ3v) is 2.17. The molecular formula is C8H17NO2. The van der Waals surface area contributed by atoms with Crippen LogP contribution in [0.25, 0.3) is 0 Å². The van der Waals surface area contributed by atoms with Gasteiger partial charge in [0.2, 0.25) is 0 Å². The van der Waals surface area contributed by atoms with Gasteiger partial charge in [-0.3, -0.25) is 0 Å². The van der Waals surface area contributed by atoms with Gasteiger partial charge in [0.1, 0.15) is 5.60 Å². The first kappa shape index (κ1) is 8.97. The van der Waals surface area contributed by atoms with Crippen LogP contribution >= 0.6 is 0 Å². The summed E-state index contributed by atoms with van der Waals surface area (Å²) in [7, 11) is 2.01. The zero-order valence-corrected chi connectivity index (χ0v) is 7.50. The van der Waals surface area contributed by atoms with Gasteiger partial charge in [-0.15, -0.1) is 0 Å². The van der Waals surface area contributed by atoms with Crippen LogP contribution in [-0.2, 0) is 4.74 Å². The van der Waals surface area contributed by atoms with E-state index in [0.717, 1.165) is 0 Å². The molecule has 1 rings (SSSR count). The summed E-state index contributed by atoms with van der Waals surface area (Å²) >= 11 is 0. The molecule has 1 heterocycles. The number of rotatable bonds is 3. The van der Waals surface area contributed by atoms with Crippen LogP contribution in [0.3, 0.4) is 0 Å². The normalized spacial score (nSPS) is 22.4. The van der Waals surface area contributed by atoms with Crippen LogP contribution in [0.2, 0.25) is 0 Å². The number of hydrogen-bond acceptors (Lipinski definition) is 3. The maximum absolute atomic E-state index is 9.66. The Bertz CT molecular complexity index is 132. The maximum atomic E-state index is 9.66. The predicted molar refractivity (Wildman–Crippen MR) is 43.5 cm³/mol. The van der Waals surface area contributed by atoms with Crippen molar-refractivity contribution in [2.45, 2.75) is 25.5 Å². The van der Waals surface area contributed by atoms with Crippen LogP contribution in [0.1, 0.15) is 13.8 Å². The van der Waals surface area contributed by atoms with Crippen molar-refractivity contribution in [1.29, 1.82) is 0 Å². The van der Waals surface area contributed by atoms with Gasteiger partial charge < -0.3 is 14.7 Å². The third-order valence-electron chi connectivity index (χ3n) is 2.17. The van der Waals surface area contributed by atoms with E-state index in [0.29, 0.717) is 25.8 Å². The number of ether oxygens (including phenoxy) is 1. The molecule has 1 saturated heterocycles. The fourth-order valence-electron chi connectivity index (χ4n) is 1.08. The molecule has 1 aliphatic heterocycles. The zero-order chi connectivity index (χ0) is 8.48. The molecule has 1 fully saturated rings. The summed E-state index contributed by atoms with van der Waals surface area (Å²) in [5.41, 5.74) is -0.570. The first-order valence-corrected chi connectivity index (χ1v) is 4.04. The molecule has 0 amide bonds. The Morgan fingerprint density at radius 3 is 2.36 bits per heavy atom. The molecule has 1 N–H and O–H groups in total. The van der Waals surface area contributed by atoms with Crippen molar-refractivity contribution in [2.75, 3.05) is 26.8 Å². The van der Waals surface area contributed by atoms with E-state index < -0.39 is 5.60 Å². The van der Waals surface area contributed by atoms with Gasteiger partial charge >= 0.3 is 0 Å². The Morgan fingerprint density at radius 2 is 2.09 bits per heavy atom. The third kappa shape index (κ3) is 2.15. The Morgan fingerprint density at radius 1 is 1.55 bits per heavy atom. The molecule has 11 heavy (non-hydrogen) atoms. The minimum atomic E-state index is -0.570. The minimum absolute atomic E-state index is 0.486. The van der Waals surface area contributed by atoms with Gasteiger partial charge in [-0.25, -0.2) is 0 Å². The molecule has 3 nitrogen and oxygen atoms in total. The molecular weight excluding hydrogens is 142 g/mol. The van der Waals surface area contributed by atoms with Crippen molar-refractivity contribution in [3.05, 3.63) is 0 Å². The lowest BCUT2D eigenvalue weighted by Crippen LogP contribution is -2.57. The van der Waals surface area contributed by atoms with Crippen molar-refractivity contribution in [2.24, 2.45) is 0 Å². The monoisotopic (exact) mass is 159 g/mol. The zero-order valence-electron chi connectivity index (χ0n) is 7.50. The number of aliphatic hydroxyl groups is 1. The fraction of sp³-hybridized carbons (Fsp3) is 1.00. The van der Waals surface area contributed by atoms with E-state index in [-0.39, 0.29) is 0 Å². The van der Waals surface area contributed by atoms with E-state index in [1.165, 1.54) is 0 Å². The summed E-state index contributed by atoms with van der Waals surface area (Å²) in [6.07, 6.45) is 0. The molecule has 0 bridgehead atoms. The number of likely N-dealkylation sites (N-methyl/N-ethyl adjacent to an activating group) is 1. The summed E-state index contributed by atoms with van der Waals surface area (Å²) in [6, 6.07) is 0.486. The highest BCUT2D eigenvalue weighted by Crippen LogP contribution is 2.17. The first-order chi connectivity index (χ1) is 5.03. The van der Waals surface area contributed by atoms with E-state index in [4.69, 9.17) is 4.74 Å². The topological polar surface area (TPSA) is 32.7 Å². The molecule has 0 aromatic heterocycles. The highest BCUT2D eigenvalue weighted by atomic mass is 16.5. The van der Waals surface area contributed by atoms with Gasteiger partial charge in [0, 0.05) is 12.6 Å². The second-order valence-electron chi connectivity index (χ2n) is 3.73. The van der Waals surface area contributed by atoms with Crippen molar-refractivity contribution >= 4 is 0 Å². The highest BCUT2D eigenvalue weighted by Gasteiger charge is 2.37. The van der Waals surface area contributed by atoms with Gasteiger partial charge in [0.25, 0.3) is 0 Å². The fourth-order valence-corrected chi connectivity index (χ4v) is 1.08. The van der Waals surface area contributed by atoms with Crippen molar-refractivity contribution in [3.8, 4) is 0 Å². The van der Waals surface area contributed by atoms with Crippen molar-refractivity contribution in [3.63, 3.8) is 0 Å². The molecule has 0 aromatic rings. The molecule has 0 radical (unpaired) electrons. The van der Waals surface area contributed by atoms with Gasteiger partial charge in [-0.1, -0.05) is 0 Å². The number of nitrogens with zero attached hydrogens (tertiary/aromatic N) is 1. The molecule has 0 unspecified atom stereocenters. The van der Waals surface area contributed by atoms with Crippen LogP contribution in [0.4, 0.5) is 0 Å². The Balaban J connectivity index is 2.29. The average molecular weight is 159 g/mol. The standard InChI is InChI=1S/C8H17NO2/c1-7(2)9(3)4-8(10)5-11-6-8/h7,10H,4-6H2,1-3H3. The van der Waals surface area contributed by atoms with Crippen LogP contribution in [0.5, 0.6) is 0 Å². The molecule has 3 heteroatoms. The Kier molecular flexibility index (Phi) is 2.52. The van der Waals surface area contributed by atoms with Crippen LogP contribution < -0.4 is 0 Å². The predicted octanol–water partition coefficient (Wildman–Crippen LogP) is 0.0879. The lowest BCUT2D eigenvalue weighted by molar-refractivity contribution is -0.187. The molecule has 0 aromatic carbocycles. The average Bonchev–Trinajstić information content (AvgIpc) is 1.84. The molecule has 0 atom stereocenters. The molecule has 0 spiro atoms. The van der Waals surface area contributed by atoms with Crippen molar-refractivity contribution in [1.82, 2.24) is 4.90 Å². The summed E-state index contributed by atoms with van der Waals surface area (Å²) < 4.78 is 4.94. The molecule has 0 aliphatic carbocycles. The highest BCUT2D eigenvalue weighted by molar-refractivity contribution is 4.88. The Labute approximate surface area is 68.0 Å². The summed E-state index contributed by atoms with van der Waals surface area (Å²) in [5, 5.41) is 9.66. The summed E-state index contributed by atoms with van der Waals surface area (Å²) in [4.78, 5) is 2.13. The lowest BCUT2D eigenvalue weighted by atomic mass is 10.0. The molecule has 66 valence electrons. The van der Waals surface area contributed by atoms with Crippen LogP contribution in [-0.4, -0.2) is 48.5 Å². The van der Waals surface area contributed by atoms with E-state index in [9.17, 15) is 5.11 Å². The largest absolute Gasteiger partial charge is 0.384 e. The lowest BCUT2D eigenvalue weighted by Gasteiger charge is -2.40. The second kappa shape index (κ2) is 3.09. The van der Waals surface area contributed by atoms with Gasteiger partial charge in [0.15, 0.2) is 0 Å². The van der Waals surface area contributed by atoms with Crippen LogP contribution in [0, 0.1) is 0 Å². The van der Waals surface area contributed by atoms with E-state index in [1.54, 1.807) is 0 Å². The van der Waals surface area contributed by atoms with Crippen molar-refractivity contribution < 1.29 is 9.84 Å². The van der Waals surface area contributed by atoms with Gasteiger partial charge in [0.05, 0.1) is 13.2 Å². The molecule has 0 saturated carbocycles. The summed E-state index contributed by atoms with van der Waals surface area (Å²) in [5.74, 6) is 0. The minimum Gasteiger partial charge on any atom is -0.384 e. The smallest absolute Gasteiger partial charge is 0.124 e. The Hall–Kier alpha value is -0.120. The van der Waals surface area contributed by atoms with E-state index >= 15 is 0 Å². The number of hydrogen-bond donors (Lipinski definition) is 1. The quantitative estimate of drug-likeness (QED) is 0.633. The second-order valence-corrected chi connectivity index (χ2v) is 3.73. The van der Waals surface area contributed by atoms with Gasteiger partial charge in [-0.2, -0.15) is 0 Å². The first-order valence-electron chi connectivity index (χ1n) is 4.04. The molecule has 1 aliphatic rings.